The van der Waals surface area contributed by atoms with E-state index in [0.717, 1.165) is 0 Å². The zero-order valence-corrected chi connectivity index (χ0v) is 25.4. The average molecular weight is 660 g/mol. The van der Waals surface area contributed by atoms with Crippen molar-refractivity contribution in [3.05, 3.63) is 114 Å². The minimum Gasteiger partial charge on any atom is -0.508 e. The largest absolute Gasteiger partial charge is 0.508 e. The molecule has 8 atom stereocenters. The van der Waals surface area contributed by atoms with Crippen molar-refractivity contribution >= 4 is 17.6 Å². The van der Waals surface area contributed by atoms with E-state index in [-0.39, 0.29) is 23.8 Å². The quantitative estimate of drug-likeness (QED) is 0.138. The number of amides is 1. The fraction of sp³-hybridized carbons (Fsp3) is 0.278. The van der Waals surface area contributed by atoms with Crippen LogP contribution in [0, 0.1) is 11.7 Å². The molecule has 4 aromatic carbocycles. The number of benzene rings is 4. The molecular weight excluding hydrogens is 625 g/mol. The van der Waals surface area contributed by atoms with E-state index in [1.165, 1.54) is 36.4 Å². The summed E-state index contributed by atoms with van der Waals surface area (Å²) in [6.07, 6.45) is -9.15. The van der Waals surface area contributed by atoms with Crippen molar-refractivity contribution in [2.45, 2.75) is 55.7 Å². The molecule has 12 heteroatoms. The van der Waals surface area contributed by atoms with Crippen LogP contribution in [0.15, 0.2) is 97.1 Å². The number of halogens is 1. The second-order valence-corrected chi connectivity index (χ2v) is 11.9. The van der Waals surface area contributed by atoms with Gasteiger partial charge < -0.3 is 45.0 Å². The van der Waals surface area contributed by atoms with E-state index < -0.39 is 60.6 Å². The number of carboxylic acids is 1. The number of carbonyl (C=O) groups excluding carboxylic acids is 1. The molecule has 4 aromatic rings. The van der Waals surface area contributed by atoms with Gasteiger partial charge in [-0.3, -0.25) is 4.79 Å². The molecule has 48 heavy (non-hydrogen) atoms. The van der Waals surface area contributed by atoms with E-state index in [1.54, 1.807) is 47.4 Å². The predicted octanol–water partition coefficient (Wildman–Crippen LogP) is 3.69. The molecule has 2 fully saturated rings. The molecule has 0 aliphatic carbocycles. The lowest BCUT2D eigenvalue weighted by atomic mass is 9.77. The van der Waals surface area contributed by atoms with Gasteiger partial charge in [0.2, 0.25) is 12.2 Å². The van der Waals surface area contributed by atoms with Gasteiger partial charge in [0.15, 0.2) is 6.10 Å². The molecule has 2 aliphatic rings. The summed E-state index contributed by atoms with van der Waals surface area (Å²) < 4.78 is 24.3. The zero-order valence-electron chi connectivity index (χ0n) is 25.4. The van der Waals surface area contributed by atoms with E-state index in [1.807, 2.05) is 18.2 Å². The number of hydrogen-bond acceptors (Lipinski definition) is 9. The lowest BCUT2D eigenvalue weighted by Crippen LogP contribution is -2.61. The van der Waals surface area contributed by atoms with Crippen LogP contribution in [0.5, 0.6) is 11.5 Å². The molecule has 250 valence electrons. The summed E-state index contributed by atoms with van der Waals surface area (Å²) in [5, 5.41) is 61.8. The minimum atomic E-state index is -1.85. The van der Waals surface area contributed by atoms with Gasteiger partial charge in [0, 0.05) is 11.3 Å². The van der Waals surface area contributed by atoms with Crippen LogP contribution in [0.2, 0.25) is 0 Å². The highest BCUT2D eigenvalue weighted by Gasteiger charge is 2.50. The summed E-state index contributed by atoms with van der Waals surface area (Å²) in [6, 6.07) is 25.6. The maximum atomic E-state index is 13.5. The third-order valence-corrected chi connectivity index (χ3v) is 8.84. The Morgan fingerprint density at radius 1 is 0.875 bits per heavy atom. The first-order chi connectivity index (χ1) is 23.0. The fourth-order valence-corrected chi connectivity index (χ4v) is 6.26. The number of phenols is 1. The Hall–Kier alpha value is -4.85. The number of β-lactam (4-membered cyclic amide) rings is 1. The summed E-state index contributed by atoms with van der Waals surface area (Å²) >= 11 is 0. The molecule has 2 heterocycles. The van der Waals surface area contributed by atoms with E-state index in [4.69, 9.17) is 9.47 Å². The first-order valence-corrected chi connectivity index (χ1v) is 15.4. The van der Waals surface area contributed by atoms with Gasteiger partial charge in [-0.25, -0.2) is 9.18 Å². The molecule has 2 aliphatic heterocycles. The van der Waals surface area contributed by atoms with Crippen molar-refractivity contribution in [2.24, 2.45) is 5.92 Å². The number of rotatable bonds is 10. The number of nitrogens with zero attached hydrogens (tertiary/aromatic N) is 1. The molecule has 6 N–H and O–H groups in total. The maximum absolute atomic E-state index is 13.5. The SMILES string of the molecule is O=C(O)[C@H]1OC(Oc2cccc(-c3ccc([C@@H]4[C@@H](CC[C@H](O)c5ccc(F)cc5)C(=O)N4c4ccccc4)c(O)c3)c2)[C@H](O)[C@@H](O)[C@@H]1O. The van der Waals surface area contributed by atoms with Crippen LogP contribution >= 0.6 is 0 Å². The number of ether oxygens (including phenoxy) is 2. The number of aliphatic hydroxyl groups excluding tert-OH is 4. The second kappa shape index (κ2) is 13.7. The van der Waals surface area contributed by atoms with Crippen LogP contribution in [0.25, 0.3) is 11.1 Å². The van der Waals surface area contributed by atoms with E-state index in [2.05, 4.69) is 0 Å². The molecule has 1 amide bonds. The van der Waals surface area contributed by atoms with E-state index in [0.29, 0.717) is 34.4 Å². The predicted molar refractivity (Wildman–Crippen MR) is 169 cm³/mol. The highest BCUT2D eigenvalue weighted by Crippen LogP contribution is 2.49. The number of phenolic OH excluding ortho intramolecular Hbond substituents is 1. The average Bonchev–Trinajstić information content (AvgIpc) is 3.08. The molecule has 11 nitrogen and oxygen atoms in total. The molecule has 0 bridgehead atoms. The van der Waals surface area contributed by atoms with Crippen LogP contribution in [0.3, 0.4) is 0 Å². The molecule has 1 unspecified atom stereocenters. The van der Waals surface area contributed by atoms with Crippen molar-refractivity contribution in [1.82, 2.24) is 0 Å². The first-order valence-electron chi connectivity index (χ1n) is 15.4. The van der Waals surface area contributed by atoms with Crippen molar-refractivity contribution in [2.75, 3.05) is 4.90 Å². The number of aliphatic hydroxyl groups is 4. The Morgan fingerprint density at radius 3 is 2.27 bits per heavy atom. The van der Waals surface area contributed by atoms with Gasteiger partial charge in [-0.05, 0) is 72.0 Å². The van der Waals surface area contributed by atoms with Gasteiger partial charge in [0.05, 0.1) is 18.1 Å². The summed E-state index contributed by atoms with van der Waals surface area (Å²) in [6.45, 7) is 0. The van der Waals surface area contributed by atoms with Gasteiger partial charge in [-0.15, -0.1) is 0 Å². The molecule has 0 radical (unpaired) electrons. The van der Waals surface area contributed by atoms with Gasteiger partial charge in [-0.2, -0.15) is 0 Å². The van der Waals surface area contributed by atoms with E-state index in [9.17, 15) is 44.6 Å². The summed E-state index contributed by atoms with van der Waals surface area (Å²) in [7, 11) is 0. The molecule has 0 saturated carbocycles. The molecular formula is C36H34FNO10. The van der Waals surface area contributed by atoms with Gasteiger partial charge in [-0.1, -0.05) is 54.6 Å². The number of anilines is 1. The monoisotopic (exact) mass is 659 g/mol. The lowest BCUT2D eigenvalue weighted by molar-refractivity contribution is -0.271. The number of hydrogen-bond donors (Lipinski definition) is 6. The van der Waals surface area contributed by atoms with Crippen molar-refractivity contribution in [3.8, 4) is 22.6 Å². The fourth-order valence-electron chi connectivity index (χ4n) is 6.26. The number of aliphatic carboxylic acids is 1. The second-order valence-electron chi connectivity index (χ2n) is 11.9. The van der Waals surface area contributed by atoms with Crippen molar-refractivity contribution in [3.63, 3.8) is 0 Å². The Kier molecular flexibility index (Phi) is 9.45. The maximum Gasteiger partial charge on any atom is 0.335 e. The van der Waals surface area contributed by atoms with Crippen molar-refractivity contribution in [1.29, 1.82) is 0 Å². The summed E-state index contributed by atoms with van der Waals surface area (Å²) in [5.41, 5.74) is 2.86. The van der Waals surface area contributed by atoms with Gasteiger partial charge in [0.25, 0.3) is 0 Å². The molecule has 6 rings (SSSR count). The zero-order chi connectivity index (χ0) is 34.1. The topological polar surface area (TPSA) is 177 Å². The Bertz CT molecular complexity index is 1770. The van der Waals surface area contributed by atoms with Crippen LogP contribution in [-0.2, 0) is 14.3 Å². The normalized spacial score (nSPS) is 26.1. The van der Waals surface area contributed by atoms with Crippen molar-refractivity contribution < 1.29 is 54.1 Å². The highest BCUT2D eigenvalue weighted by atomic mass is 19.1. The Morgan fingerprint density at radius 2 is 1.58 bits per heavy atom. The lowest BCUT2D eigenvalue weighted by Gasteiger charge is -2.48. The molecule has 0 aromatic heterocycles. The van der Waals surface area contributed by atoms with Crippen LogP contribution in [-0.4, -0.2) is 73.2 Å². The first kappa shape index (κ1) is 33.1. The standard InChI is InChI=1S/C36H34FNO10/c37-22-12-9-19(10-13-22)27(39)16-15-26-29(38(34(26)44)23-6-2-1-3-7-23)25-14-11-21(18-28(25)40)20-5-4-8-24(17-20)47-36-32(43)30(41)31(42)33(48-36)35(45)46/h1-14,17-18,26-27,29-33,36,39-43H,15-16H2,(H,45,46)/t26-,27+,29-,30+,31+,32-,33+,36?/m1/s1. The molecule has 0 spiro atoms. The van der Waals surface area contributed by atoms with Crippen LogP contribution in [0.1, 0.15) is 36.1 Å². The van der Waals surface area contributed by atoms with Crippen LogP contribution in [0.4, 0.5) is 10.1 Å². The molecule has 2 saturated heterocycles. The van der Waals surface area contributed by atoms with E-state index >= 15 is 0 Å². The summed E-state index contributed by atoms with van der Waals surface area (Å²) in [5.74, 6) is -2.55. The van der Waals surface area contributed by atoms with Gasteiger partial charge >= 0.3 is 5.97 Å². The number of para-hydroxylation sites is 1. The Labute approximate surface area is 274 Å². The van der Waals surface area contributed by atoms with Gasteiger partial charge in [0.1, 0.15) is 35.6 Å². The highest BCUT2D eigenvalue weighted by molar-refractivity contribution is 6.03. The number of carboxylic acid groups (broad SMARTS) is 1. The number of aromatic hydroxyl groups is 1. The summed E-state index contributed by atoms with van der Waals surface area (Å²) in [4.78, 5) is 26.5. The Balaban J connectivity index is 1.23. The van der Waals surface area contributed by atoms with Crippen LogP contribution < -0.4 is 9.64 Å². The third kappa shape index (κ3) is 6.48. The minimum absolute atomic E-state index is 0.0752. The number of carbonyl (C=O) groups is 2. The smallest absolute Gasteiger partial charge is 0.335 e. The third-order valence-electron chi connectivity index (χ3n) is 8.84.